The first-order valence-electron chi connectivity index (χ1n) is 6.38. The number of hydrogen-bond acceptors (Lipinski definition) is 2. The summed E-state index contributed by atoms with van der Waals surface area (Å²) in [6.45, 7) is 2.52. The van der Waals surface area contributed by atoms with Gasteiger partial charge in [0.1, 0.15) is 0 Å². The summed E-state index contributed by atoms with van der Waals surface area (Å²) in [7, 11) is 0. The molecule has 2 nitrogen and oxygen atoms in total. The Morgan fingerprint density at radius 2 is 1.56 bits per heavy atom. The number of anilines is 2. The second-order valence-corrected chi connectivity index (χ2v) is 5.51. The van der Waals surface area contributed by atoms with Crippen molar-refractivity contribution in [1.29, 1.82) is 0 Å². The molecule has 0 unspecified atom stereocenters. The van der Waals surface area contributed by atoms with E-state index in [0.29, 0.717) is 5.41 Å². The molecule has 1 heterocycles. The lowest BCUT2D eigenvalue weighted by Gasteiger charge is -2.53. The molecule has 2 N–H and O–H groups in total. The first-order chi connectivity index (χ1) is 7.77. The van der Waals surface area contributed by atoms with Gasteiger partial charge in [0.15, 0.2) is 0 Å². The summed E-state index contributed by atoms with van der Waals surface area (Å²) in [5.74, 6) is 0. The maximum absolute atomic E-state index is 5.70. The first-order valence-corrected chi connectivity index (χ1v) is 6.38. The lowest BCUT2D eigenvalue weighted by Crippen LogP contribution is -2.57. The average Bonchev–Trinajstić information content (AvgIpc) is 2.28. The summed E-state index contributed by atoms with van der Waals surface area (Å²) in [5.41, 5.74) is 8.57. The normalized spacial score (nSPS) is 23.1. The van der Waals surface area contributed by atoms with Gasteiger partial charge in [-0.3, -0.25) is 0 Å². The third-order valence-corrected chi connectivity index (χ3v) is 4.22. The van der Waals surface area contributed by atoms with Crippen molar-refractivity contribution in [2.75, 3.05) is 23.7 Å². The van der Waals surface area contributed by atoms with E-state index in [1.807, 2.05) is 12.1 Å². The van der Waals surface area contributed by atoms with Gasteiger partial charge in [0, 0.05) is 29.9 Å². The summed E-state index contributed by atoms with van der Waals surface area (Å²) < 4.78 is 0. The van der Waals surface area contributed by atoms with Gasteiger partial charge in [0.2, 0.25) is 0 Å². The Morgan fingerprint density at radius 1 is 0.938 bits per heavy atom. The Labute approximate surface area is 97.4 Å². The molecular formula is C14H20N2. The van der Waals surface area contributed by atoms with Gasteiger partial charge in [0.25, 0.3) is 0 Å². The van der Waals surface area contributed by atoms with Crippen molar-refractivity contribution in [3.63, 3.8) is 0 Å². The molecule has 16 heavy (non-hydrogen) atoms. The van der Waals surface area contributed by atoms with Crippen LogP contribution in [-0.2, 0) is 0 Å². The van der Waals surface area contributed by atoms with Crippen LogP contribution in [0.25, 0.3) is 0 Å². The average molecular weight is 216 g/mol. The van der Waals surface area contributed by atoms with Crippen LogP contribution in [0.5, 0.6) is 0 Å². The van der Waals surface area contributed by atoms with Crippen molar-refractivity contribution in [2.45, 2.75) is 32.1 Å². The molecule has 1 spiro atoms. The molecule has 86 valence electrons. The van der Waals surface area contributed by atoms with Crippen molar-refractivity contribution in [2.24, 2.45) is 5.41 Å². The number of rotatable bonds is 1. The lowest BCUT2D eigenvalue weighted by molar-refractivity contribution is 0.139. The standard InChI is InChI=1S/C14H20N2/c15-12-4-6-13(7-5-12)16-10-14(11-16)8-2-1-3-9-14/h4-7H,1-3,8-11,15H2. The van der Waals surface area contributed by atoms with Gasteiger partial charge in [0.05, 0.1) is 0 Å². The van der Waals surface area contributed by atoms with Gasteiger partial charge in [-0.1, -0.05) is 19.3 Å². The molecule has 1 aromatic carbocycles. The van der Waals surface area contributed by atoms with Crippen LogP contribution in [0.4, 0.5) is 11.4 Å². The topological polar surface area (TPSA) is 29.3 Å². The van der Waals surface area contributed by atoms with Crippen molar-refractivity contribution < 1.29 is 0 Å². The van der Waals surface area contributed by atoms with Crippen LogP contribution in [0.2, 0.25) is 0 Å². The SMILES string of the molecule is Nc1ccc(N2CC3(CCCCC3)C2)cc1. The quantitative estimate of drug-likeness (QED) is 0.731. The molecule has 2 fully saturated rings. The van der Waals surface area contributed by atoms with E-state index in [1.54, 1.807) is 0 Å². The maximum Gasteiger partial charge on any atom is 0.0368 e. The molecule has 2 heteroatoms. The third kappa shape index (κ3) is 1.66. The van der Waals surface area contributed by atoms with Crippen LogP contribution < -0.4 is 10.6 Å². The Morgan fingerprint density at radius 3 is 2.19 bits per heavy atom. The summed E-state index contributed by atoms with van der Waals surface area (Å²) in [4.78, 5) is 2.49. The number of hydrogen-bond donors (Lipinski definition) is 1. The molecule has 0 radical (unpaired) electrons. The zero-order valence-electron chi connectivity index (χ0n) is 9.78. The minimum absolute atomic E-state index is 0.666. The fourth-order valence-electron chi connectivity index (χ4n) is 3.25. The fourth-order valence-corrected chi connectivity index (χ4v) is 3.25. The van der Waals surface area contributed by atoms with Gasteiger partial charge >= 0.3 is 0 Å². The van der Waals surface area contributed by atoms with Gasteiger partial charge in [-0.05, 0) is 37.1 Å². The minimum Gasteiger partial charge on any atom is -0.399 e. The van der Waals surface area contributed by atoms with Gasteiger partial charge in [-0.2, -0.15) is 0 Å². The third-order valence-electron chi connectivity index (χ3n) is 4.22. The number of nitrogen functional groups attached to an aromatic ring is 1. The smallest absolute Gasteiger partial charge is 0.0368 e. The highest BCUT2D eigenvalue weighted by Crippen LogP contribution is 2.45. The summed E-state index contributed by atoms with van der Waals surface area (Å²) in [5, 5.41) is 0. The van der Waals surface area contributed by atoms with E-state index in [4.69, 9.17) is 5.73 Å². The van der Waals surface area contributed by atoms with Crippen LogP contribution in [0.3, 0.4) is 0 Å². The fraction of sp³-hybridized carbons (Fsp3) is 0.571. The molecule has 2 aliphatic rings. The largest absolute Gasteiger partial charge is 0.399 e. The summed E-state index contributed by atoms with van der Waals surface area (Å²) >= 11 is 0. The van der Waals surface area contributed by atoms with Crippen LogP contribution in [-0.4, -0.2) is 13.1 Å². The van der Waals surface area contributed by atoms with E-state index in [-0.39, 0.29) is 0 Å². The molecular weight excluding hydrogens is 196 g/mol. The van der Waals surface area contributed by atoms with Crippen LogP contribution in [0, 0.1) is 5.41 Å². The van der Waals surface area contributed by atoms with E-state index in [0.717, 1.165) is 5.69 Å². The molecule has 0 bridgehead atoms. The summed E-state index contributed by atoms with van der Waals surface area (Å²) in [6, 6.07) is 8.29. The molecule has 1 aliphatic heterocycles. The van der Waals surface area contributed by atoms with Gasteiger partial charge < -0.3 is 10.6 Å². The molecule has 0 aromatic heterocycles. The Hall–Kier alpha value is -1.18. The highest BCUT2D eigenvalue weighted by Gasteiger charge is 2.43. The molecule has 1 saturated heterocycles. The highest BCUT2D eigenvalue weighted by atomic mass is 15.2. The van der Waals surface area contributed by atoms with Crippen molar-refractivity contribution in [3.8, 4) is 0 Å². The van der Waals surface area contributed by atoms with E-state index >= 15 is 0 Å². The molecule has 1 saturated carbocycles. The van der Waals surface area contributed by atoms with Gasteiger partial charge in [-0.15, -0.1) is 0 Å². The van der Waals surface area contributed by atoms with E-state index in [2.05, 4.69) is 17.0 Å². The molecule has 1 aliphatic carbocycles. The van der Waals surface area contributed by atoms with Crippen LogP contribution in [0.1, 0.15) is 32.1 Å². The highest BCUT2D eigenvalue weighted by molar-refractivity contribution is 5.55. The van der Waals surface area contributed by atoms with Crippen molar-refractivity contribution >= 4 is 11.4 Å². The van der Waals surface area contributed by atoms with Gasteiger partial charge in [-0.25, -0.2) is 0 Å². The summed E-state index contributed by atoms with van der Waals surface area (Å²) in [6.07, 6.45) is 7.21. The lowest BCUT2D eigenvalue weighted by atomic mass is 9.68. The molecule has 0 atom stereocenters. The Bertz CT molecular complexity index is 355. The first kappa shape index (κ1) is 10.0. The zero-order chi connectivity index (χ0) is 11.0. The second-order valence-electron chi connectivity index (χ2n) is 5.51. The predicted molar refractivity (Wildman–Crippen MR) is 68.6 cm³/mol. The minimum atomic E-state index is 0.666. The van der Waals surface area contributed by atoms with Crippen LogP contribution >= 0.6 is 0 Å². The van der Waals surface area contributed by atoms with Crippen molar-refractivity contribution in [1.82, 2.24) is 0 Å². The monoisotopic (exact) mass is 216 g/mol. The Kier molecular flexibility index (Phi) is 2.31. The van der Waals surface area contributed by atoms with Crippen molar-refractivity contribution in [3.05, 3.63) is 24.3 Å². The van der Waals surface area contributed by atoms with E-state index in [9.17, 15) is 0 Å². The molecule has 1 aromatic rings. The maximum atomic E-state index is 5.70. The second kappa shape index (κ2) is 3.69. The number of benzene rings is 1. The predicted octanol–water partition coefficient (Wildman–Crippen LogP) is 3.04. The molecule has 3 rings (SSSR count). The Balaban J connectivity index is 1.66. The van der Waals surface area contributed by atoms with Crippen LogP contribution in [0.15, 0.2) is 24.3 Å². The zero-order valence-corrected chi connectivity index (χ0v) is 9.78. The number of nitrogens with two attached hydrogens (primary N) is 1. The molecule has 0 amide bonds. The van der Waals surface area contributed by atoms with E-state index < -0.39 is 0 Å². The number of nitrogens with zero attached hydrogens (tertiary/aromatic N) is 1. The van der Waals surface area contributed by atoms with E-state index in [1.165, 1.54) is 50.9 Å².